The molecule has 0 spiro atoms. The highest BCUT2D eigenvalue weighted by atomic mass is 35.5. The molecular formula is C24H20ClFN4O3S. The van der Waals surface area contributed by atoms with Crippen molar-refractivity contribution in [3.63, 3.8) is 0 Å². The number of pyridine rings is 2. The number of fused-ring (bicyclic) bond motifs is 1. The molecule has 1 aliphatic rings. The number of hydrogen-bond donors (Lipinski definition) is 1. The van der Waals surface area contributed by atoms with Gasteiger partial charge in [-0.15, -0.1) is 11.3 Å². The van der Waals surface area contributed by atoms with Crippen molar-refractivity contribution in [1.82, 2.24) is 19.5 Å². The van der Waals surface area contributed by atoms with Crippen molar-refractivity contribution < 1.29 is 19.1 Å². The van der Waals surface area contributed by atoms with Crippen LogP contribution in [0, 0.1) is 11.7 Å². The molecule has 0 radical (unpaired) electrons. The Balaban J connectivity index is 1.52. The first-order valence-electron chi connectivity index (χ1n) is 10.9. The maximum atomic E-state index is 14.7. The number of carbonyl (C=O) groups excluding carboxylic acids is 1. The van der Waals surface area contributed by atoms with Crippen LogP contribution in [0.1, 0.15) is 58.3 Å². The van der Waals surface area contributed by atoms with E-state index >= 15 is 0 Å². The second-order valence-electron chi connectivity index (χ2n) is 8.42. The van der Waals surface area contributed by atoms with Gasteiger partial charge in [0.2, 0.25) is 0 Å². The number of halogens is 2. The van der Waals surface area contributed by atoms with Gasteiger partial charge in [0.1, 0.15) is 11.4 Å². The summed E-state index contributed by atoms with van der Waals surface area (Å²) in [7, 11) is 0. The zero-order valence-electron chi connectivity index (χ0n) is 17.9. The van der Waals surface area contributed by atoms with Crippen LogP contribution in [0.15, 0.2) is 42.7 Å². The Kier molecular flexibility index (Phi) is 6.14. The van der Waals surface area contributed by atoms with Crippen LogP contribution in [0.25, 0.3) is 22.6 Å². The van der Waals surface area contributed by atoms with Crippen LogP contribution < -0.4 is 0 Å². The lowest BCUT2D eigenvalue weighted by Gasteiger charge is -2.31. The van der Waals surface area contributed by atoms with Crippen molar-refractivity contribution in [3.05, 3.63) is 63.5 Å². The SMILES string of the molecule is O=C(O)c1cc2nc(-c3ncccc3F)n([C@H]3CCC[C@@H](CC(=O)c4ccc(Cl)s4)C3)c2cn1. The molecule has 7 nitrogen and oxygen atoms in total. The molecule has 4 aromatic heterocycles. The third-order valence-corrected chi connectivity index (χ3v) is 7.48. The maximum absolute atomic E-state index is 14.7. The van der Waals surface area contributed by atoms with E-state index in [1.165, 1.54) is 41.9 Å². The number of carbonyl (C=O) groups is 2. The first kappa shape index (κ1) is 22.6. The fourth-order valence-electron chi connectivity index (χ4n) is 4.71. The van der Waals surface area contributed by atoms with Gasteiger partial charge < -0.3 is 9.67 Å². The molecule has 1 N–H and O–H groups in total. The number of thiophene rings is 1. The molecule has 4 heterocycles. The summed E-state index contributed by atoms with van der Waals surface area (Å²) in [4.78, 5) is 37.7. The molecule has 174 valence electrons. The van der Waals surface area contributed by atoms with E-state index in [2.05, 4.69) is 15.0 Å². The van der Waals surface area contributed by atoms with Crippen LogP contribution in [0.5, 0.6) is 0 Å². The van der Waals surface area contributed by atoms with Gasteiger partial charge in [-0.05, 0) is 55.5 Å². The molecule has 0 aliphatic heterocycles. The minimum absolute atomic E-state index is 0.0580. The van der Waals surface area contributed by atoms with Gasteiger partial charge in [0, 0.05) is 18.7 Å². The highest BCUT2D eigenvalue weighted by molar-refractivity contribution is 7.18. The van der Waals surface area contributed by atoms with E-state index in [0.717, 1.165) is 19.3 Å². The van der Waals surface area contributed by atoms with E-state index in [1.807, 2.05) is 4.57 Å². The second-order valence-corrected chi connectivity index (χ2v) is 10.1. The van der Waals surface area contributed by atoms with Gasteiger partial charge in [-0.2, -0.15) is 0 Å². The Hall–Kier alpha value is -3.17. The minimum Gasteiger partial charge on any atom is -0.477 e. The van der Waals surface area contributed by atoms with E-state index in [4.69, 9.17) is 11.6 Å². The van der Waals surface area contributed by atoms with Gasteiger partial charge in [0.05, 0.1) is 26.4 Å². The first-order valence-corrected chi connectivity index (χ1v) is 12.1. The Morgan fingerprint density at radius 1 is 1.24 bits per heavy atom. The van der Waals surface area contributed by atoms with E-state index < -0.39 is 11.8 Å². The highest BCUT2D eigenvalue weighted by Crippen LogP contribution is 2.40. The molecule has 34 heavy (non-hydrogen) atoms. The van der Waals surface area contributed by atoms with Crippen LogP contribution in [0.3, 0.4) is 0 Å². The molecule has 4 aromatic rings. The smallest absolute Gasteiger partial charge is 0.354 e. The normalized spacial score (nSPS) is 18.3. The van der Waals surface area contributed by atoms with Crippen molar-refractivity contribution in [3.8, 4) is 11.5 Å². The number of hydrogen-bond acceptors (Lipinski definition) is 6. The molecule has 1 saturated carbocycles. The average molecular weight is 499 g/mol. The number of Topliss-reactive ketones (excluding diaryl/α,β-unsaturated/α-hetero) is 1. The summed E-state index contributed by atoms with van der Waals surface area (Å²) in [6.07, 6.45) is 6.73. The second kappa shape index (κ2) is 9.23. The molecule has 0 saturated heterocycles. The lowest BCUT2D eigenvalue weighted by Crippen LogP contribution is -2.22. The quantitative estimate of drug-likeness (QED) is 0.325. The lowest BCUT2D eigenvalue weighted by atomic mass is 9.82. The van der Waals surface area contributed by atoms with Crippen LogP contribution >= 0.6 is 22.9 Å². The van der Waals surface area contributed by atoms with E-state index in [0.29, 0.717) is 38.9 Å². The third kappa shape index (κ3) is 4.33. The number of carboxylic acids is 1. The first-order chi connectivity index (χ1) is 16.4. The van der Waals surface area contributed by atoms with Gasteiger partial charge >= 0.3 is 5.97 Å². The van der Waals surface area contributed by atoms with E-state index in [1.54, 1.807) is 12.1 Å². The van der Waals surface area contributed by atoms with Crippen molar-refractivity contribution in [2.45, 2.75) is 38.1 Å². The van der Waals surface area contributed by atoms with Crippen molar-refractivity contribution in [2.24, 2.45) is 5.92 Å². The standard InChI is InChI=1S/C24H20ClFN4O3S/c25-21-7-6-20(34-21)19(31)10-13-3-1-4-14(9-13)30-18-12-28-17(24(32)33)11-16(18)29-23(30)22-15(26)5-2-8-27-22/h2,5-8,11-14H,1,3-4,9-10H2,(H,32,33)/t13-,14+/m1/s1. The fraction of sp³-hybridized carbons (Fsp3) is 0.292. The molecule has 1 fully saturated rings. The zero-order valence-corrected chi connectivity index (χ0v) is 19.5. The minimum atomic E-state index is -1.16. The van der Waals surface area contributed by atoms with Gasteiger partial charge in [-0.25, -0.2) is 24.1 Å². The molecule has 0 unspecified atom stereocenters. The summed E-state index contributed by atoms with van der Waals surface area (Å²) >= 11 is 7.27. The molecule has 2 atom stereocenters. The van der Waals surface area contributed by atoms with Crippen LogP contribution in [-0.2, 0) is 0 Å². The topological polar surface area (TPSA) is 98.0 Å². The Bertz CT molecular complexity index is 1400. The van der Waals surface area contributed by atoms with Gasteiger partial charge in [0.15, 0.2) is 17.4 Å². The largest absolute Gasteiger partial charge is 0.477 e. The molecule has 0 amide bonds. The Labute approximate surface area is 203 Å². The summed E-state index contributed by atoms with van der Waals surface area (Å²) in [5.74, 6) is -1.12. The Morgan fingerprint density at radius 3 is 2.82 bits per heavy atom. The number of rotatable bonds is 6. The molecule has 5 rings (SSSR count). The number of nitrogens with zero attached hydrogens (tertiary/aromatic N) is 4. The fourth-order valence-corrected chi connectivity index (χ4v) is 5.70. The van der Waals surface area contributed by atoms with Gasteiger partial charge in [0.25, 0.3) is 0 Å². The third-order valence-electron chi connectivity index (χ3n) is 6.21. The van der Waals surface area contributed by atoms with E-state index in [-0.39, 0.29) is 29.1 Å². The predicted octanol–water partition coefficient (Wildman–Crippen LogP) is 6.05. The number of ketones is 1. The van der Waals surface area contributed by atoms with Crippen molar-refractivity contribution >= 4 is 45.7 Å². The predicted molar refractivity (Wildman–Crippen MR) is 127 cm³/mol. The van der Waals surface area contributed by atoms with E-state index in [9.17, 15) is 19.1 Å². The zero-order chi connectivity index (χ0) is 23.8. The monoisotopic (exact) mass is 498 g/mol. The summed E-state index contributed by atoms with van der Waals surface area (Å²) in [6.45, 7) is 0. The summed E-state index contributed by atoms with van der Waals surface area (Å²) < 4.78 is 17.2. The number of carboxylic acid groups (broad SMARTS) is 1. The van der Waals surface area contributed by atoms with Gasteiger partial charge in [-0.1, -0.05) is 18.0 Å². The Morgan fingerprint density at radius 2 is 2.09 bits per heavy atom. The molecule has 10 heteroatoms. The maximum Gasteiger partial charge on any atom is 0.354 e. The molecule has 0 aromatic carbocycles. The van der Waals surface area contributed by atoms with Crippen molar-refractivity contribution in [2.75, 3.05) is 0 Å². The average Bonchev–Trinajstić information content (AvgIpc) is 3.42. The molecule has 1 aliphatic carbocycles. The van der Waals surface area contributed by atoms with Crippen molar-refractivity contribution in [1.29, 1.82) is 0 Å². The molecular weight excluding hydrogens is 479 g/mol. The summed E-state index contributed by atoms with van der Waals surface area (Å²) in [6, 6.07) is 7.65. The lowest BCUT2D eigenvalue weighted by molar-refractivity contribution is 0.0690. The number of aromatic nitrogens is 4. The highest BCUT2D eigenvalue weighted by Gasteiger charge is 2.30. The molecule has 0 bridgehead atoms. The number of aromatic carboxylic acids is 1. The summed E-state index contributed by atoms with van der Waals surface area (Å²) in [5, 5.41) is 9.34. The van der Waals surface area contributed by atoms with Crippen LogP contribution in [0.2, 0.25) is 4.34 Å². The summed E-state index contributed by atoms with van der Waals surface area (Å²) in [5.41, 5.74) is 1.000. The van der Waals surface area contributed by atoms with Gasteiger partial charge in [-0.3, -0.25) is 4.79 Å². The van der Waals surface area contributed by atoms with Crippen LogP contribution in [0.4, 0.5) is 4.39 Å². The van der Waals surface area contributed by atoms with Crippen LogP contribution in [-0.4, -0.2) is 36.4 Å². The number of imidazole rings is 1.